The van der Waals surface area contributed by atoms with Gasteiger partial charge in [-0.05, 0) is 65.3 Å². The predicted molar refractivity (Wildman–Crippen MR) is 119 cm³/mol. The lowest BCUT2D eigenvalue weighted by Crippen LogP contribution is -2.62. The Labute approximate surface area is 174 Å². The lowest BCUT2D eigenvalue weighted by molar-refractivity contribution is 0.0173. The van der Waals surface area contributed by atoms with E-state index in [4.69, 9.17) is 0 Å². The molecule has 2 N–H and O–H groups in total. The van der Waals surface area contributed by atoms with E-state index in [1.807, 2.05) is 24.6 Å². The normalized spacial score (nSPS) is 21.6. The van der Waals surface area contributed by atoms with Crippen LogP contribution in [0.4, 0.5) is 0 Å². The van der Waals surface area contributed by atoms with E-state index < -0.39 is 0 Å². The number of nitrogens with one attached hydrogen (secondary N) is 2. The van der Waals surface area contributed by atoms with Gasteiger partial charge in [0.2, 0.25) is 0 Å². The second kappa shape index (κ2) is 10.6. The van der Waals surface area contributed by atoms with Crippen LogP contribution in [0.3, 0.4) is 0 Å². The molecule has 2 fully saturated rings. The molecule has 0 amide bonds. The van der Waals surface area contributed by atoms with E-state index in [9.17, 15) is 0 Å². The molecule has 7 heteroatoms. The van der Waals surface area contributed by atoms with Gasteiger partial charge in [-0.2, -0.15) is 0 Å². The van der Waals surface area contributed by atoms with Gasteiger partial charge in [-0.25, -0.2) is 4.98 Å². The third-order valence-corrected chi connectivity index (χ3v) is 7.54. The summed E-state index contributed by atoms with van der Waals surface area (Å²) < 4.78 is 0. The third-order valence-electron chi connectivity index (χ3n) is 6.33. The lowest BCUT2D eigenvalue weighted by atomic mass is 9.84. The van der Waals surface area contributed by atoms with E-state index in [0.29, 0.717) is 0 Å². The second-order valence-electron chi connectivity index (χ2n) is 8.25. The highest BCUT2D eigenvalue weighted by atomic mass is 32.1. The van der Waals surface area contributed by atoms with Crippen LogP contribution >= 0.6 is 11.3 Å². The van der Waals surface area contributed by atoms with Crippen LogP contribution in [0.5, 0.6) is 0 Å². The Hall–Kier alpha value is -1.18. The Bertz CT molecular complexity index is 614. The second-order valence-corrected chi connectivity index (χ2v) is 9.45. The highest BCUT2D eigenvalue weighted by Gasteiger charge is 2.39. The summed E-state index contributed by atoms with van der Waals surface area (Å²) in [6.45, 7) is 8.92. The molecule has 0 saturated carbocycles. The highest BCUT2D eigenvalue weighted by Crippen LogP contribution is 2.30. The van der Waals surface area contributed by atoms with Gasteiger partial charge in [-0.15, -0.1) is 11.3 Å². The monoisotopic (exact) mass is 406 g/mol. The van der Waals surface area contributed by atoms with Gasteiger partial charge >= 0.3 is 0 Å². The molecule has 28 heavy (non-hydrogen) atoms. The minimum Gasteiger partial charge on any atom is -0.356 e. The summed E-state index contributed by atoms with van der Waals surface area (Å²) in [6, 6.07) is 0. The maximum atomic E-state index is 4.52. The number of likely N-dealkylation sites (tertiary alicyclic amines) is 2. The van der Waals surface area contributed by atoms with Crippen LogP contribution in [0.15, 0.2) is 11.2 Å². The molecule has 3 rings (SSSR count). The van der Waals surface area contributed by atoms with Gasteiger partial charge in [0, 0.05) is 43.2 Å². The molecule has 0 radical (unpaired) electrons. The van der Waals surface area contributed by atoms with E-state index in [0.717, 1.165) is 31.9 Å². The predicted octanol–water partition coefficient (Wildman–Crippen LogP) is 2.36. The molecular weight excluding hydrogens is 368 g/mol. The number of nitrogens with zero attached hydrogens (tertiary/aromatic N) is 4. The fraction of sp³-hybridized carbons (Fsp3) is 0.810. The third kappa shape index (κ3) is 5.67. The summed E-state index contributed by atoms with van der Waals surface area (Å²) in [4.78, 5) is 15.6. The number of aliphatic imine (C=N–C) groups is 1. The molecule has 2 aliphatic heterocycles. The fourth-order valence-electron chi connectivity index (χ4n) is 4.39. The Morgan fingerprint density at radius 3 is 2.57 bits per heavy atom. The van der Waals surface area contributed by atoms with Crippen molar-refractivity contribution < 1.29 is 0 Å². The maximum Gasteiger partial charge on any atom is 0.191 e. The van der Waals surface area contributed by atoms with Crippen LogP contribution in [0.1, 0.15) is 48.9 Å². The maximum absolute atomic E-state index is 4.52. The van der Waals surface area contributed by atoms with Crippen molar-refractivity contribution in [3.63, 3.8) is 0 Å². The first-order valence-corrected chi connectivity index (χ1v) is 11.8. The van der Waals surface area contributed by atoms with Gasteiger partial charge in [0.05, 0.1) is 5.01 Å². The van der Waals surface area contributed by atoms with Crippen molar-refractivity contribution in [2.24, 2.45) is 4.99 Å². The first-order chi connectivity index (χ1) is 13.6. The van der Waals surface area contributed by atoms with E-state index in [2.05, 4.69) is 44.4 Å². The molecule has 3 heterocycles. The molecular formula is C21H38N6S. The Morgan fingerprint density at radius 2 is 1.93 bits per heavy atom. The number of hydrogen-bond acceptors (Lipinski definition) is 5. The van der Waals surface area contributed by atoms with Gasteiger partial charge in [-0.3, -0.25) is 9.89 Å². The van der Waals surface area contributed by atoms with Crippen molar-refractivity contribution in [3.8, 4) is 0 Å². The Morgan fingerprint density at radius 1 is 1.18 bits per heavy atom. The molecule has 2 aliphatic rings. The van der Waals surface area contributed by atoms with E-state index in [1.54, 1.807) is 0 Å². The largest absolute Gasteiger partial charge is 0.356 e. The van der Waals surface area contributed by atoms with Crippen LogP contribution in [0.2, 0.25) is 0 Å². The lowest BCUT2D eigenvalue weighted by Gasteiger charge is -2.50. The van der Waals surface area contributed by atoms with Crippen LogP contribution in [0.25, 0.3) is 0 Å². The molecule has 1 aromatic heterocycles. The van der Waals surface area contributed by atoms with Crippen molar-refractivity contribution in [1.29, 1.82) is 0 Å². The standard InChI is InChI=1S/C21H38N6S/c1-4-18-16-24-19(28-18)8-11-23-20(22-2)25-17-21(9-14-26(3)15-10-21)27-12-6-5-7-13-27/h16H,4-15,17H2,1-3H3,(H2,22,23,25). The number of hydrogen-bond donors (Lipinski definition) is 2. The first kappa shape index (κ1) is 21.5. The summed E-state index contributed by atoms with van der Waals surface area (Å²) in [5, 5.41) is 8.36. The molecule has 158 valence electrons. The van der Waals surface area contributed by atoms with Gasteiger partial charge in [0.25, 0.3) is 0 Å². The van der Waals surface area contributed by atoms with Gasteiger partial charge in [0.15, 0.2) is 5.96 Å². The summed E-state index contributed by atoms with van der Waals surface area (Å²) in [5.74, 6) is 0.919. The van der Waals surface area contributed by atoms with E-state index in [1.165, 1.54) is 68.2 Å². The first-order valence-electron chi connectivity index (χ1n) is 11.0. The Balaban J connectivity index is 1.51. The van der Waals surface area contributed by atoms with Crippen molar-refractivity contribution in [3.05, 3.63) is 16.1 Å². The van der Waals surface area contributed by atoms with Crippen LogP contribution < -0.4 is 10.6 Å². The Kier molecular flexibility index (Phi) is 8.11. The average Bonchev–Trinajstić information content (AvgIpc) is 3.20. The number of rotatable bonds is 7. The van der Waals surface area contributed by atoms with Gasteiger partial charge < -0.3 is 15.5 Å². The van der Waals surface area contributed by atoms with Crippen LogP contribution in [0, 0.1) is 0 Å². The molecule has 6 nitrogen and oxygen atoms in total. The molecule has 0 spiro atoms. The summed E-state index contributed by atoms with van der Waals surface area (Å²) in [7, 11) is 4.12. The molecule has 0 aromatic carbocycles. The van der Waals surface area contributed by atoms with Crippen molar-refractivity contribution in [2.75, 3.05) is 53.4 Å². The number of guanidine groups is 1. The highest BCUT2D eigenvalue weighted by molar-refractivity contribution is 7.11. The minimum absolute atomic E-state index is 0.274. The van der Waals surface area contributed by atoms with Crippen LogP contribution in [-0.4, -0.2) is 79.6 Å². The number of thiazole rings is 1. The summed E-state index contributed by atoms with van der Waals surface area (Å²) in [5.41, 5.74) is 0.274. The smallest absolute Gasteiger partial charge is 0.191 e. The molecule has 0 aliphatic carbocycles. The minimum atomic E-state index is 0.274. The fourth-order valence-corrected chi connectivity index (χ4v) is 5.25. The summed E-state index contributed by atoms with van der Waals surface area (Å²) >= 11 is 1.82. The molecule has 0 bridgehead atoms. The zero-order valence-corrected chi connectivity index (χ0v) is 18.8. The van der Waals surface area contributed by atoms with Crippen molar-refractivity contribution >= 4 is 17.3 Å². The zero-order valence-electron chi connectivity index (χ0n) is 18.0. The van der Waals surface area contributed by atoms with Gasteiger partial charge in [-0.1, -0.05) is 13.3 Å². The number of aryl methyl sites for hydroxylation is 1. The van der Waals surface area contributed by atoms with Crippen molar-refractivity contribution in [2.45, 2.75) is 57.4 Å². The number of aromatic nitrogens is 1. The average molecular weight is 407 g/mol. The quantitative estimate of drug-likeness (QED) is 0.538. The van der Waals surface area contributed by atoms with E-state index >= 15 is 0 Å². The van der Waals surface area contributed by atoms with Crippen LogP contribution in [-0.2, 0) is 12.8 Å². The topological polar surface area (TPSA) is 55.8 Å². The SMILES string of the molecule is CCc1cnc(CCNC(=NC)NCC2(N3CCCCC3)CCN(C)CC2)s1. The molecule has 2 saturated heterocycles. The molecule has 0 unspecified atom stereocenters. The molecule has 0 atom stereocenters. The van der Waals surface area contributed by atoms with E-state index in [-0.39, 0.29) is 5.54 Å². The summed E-state index contributed by atoms with van der Waals surface area (Å²) in [6.07, 6.45) is 10.6. The molecule has 1 aromatic rings. The van der Waals surface area contributed by atoms with Crippen molar-refractivity contribution in [1.82, 2.24) is 25.4 Å². The van der Waals surface area contributed by atoms with Gasteiger partial charge in [0.1, 0.15) is 0 Å². The number of piperidine rings is 2. The zero-order chi connectivity index (χ0) is 19.8.